The van der Waals surface area contributed by atoms with Gasteiger partial charge in [0, 0.05) is 5.69 Å². The summed E-state index contributed by atoms with van der Waals surface area (Å²) in [5, 5.41) is 2.39. The van der Waals surface area contributed by atoms with Gasteiger partial charge in [-0.25, -0.2) is 0 Å². The number of carbonyl (C=O) groups excluding carboxylic acids is 2. The number of ether oxygens (including phenoxy) is 1. The lowest BCUT2D eigenvalue weighted by Gasteiger charge is -2.07. The third kappa shape index (κ3) is 4.54. The largest absolute Gasteiger partial charge is 0.495 e. The van der Waals surface area contributed by atoms with E-state index in [1.807, 2.05) is 0 Å². The molecule has 0 aliphatic carbocycles. The molecule has 0 unspecified atom stereocenters. The van der Waals surface area contributed by atoms with Crippen molar-refractivity contribution in [1.82, 2.24) is 0 Å². The summed E-state index contributed by atoms with van der Waals surface area (Å²) in [7, 11) is 1.50. The average Bonchev–Trinajstić information content (AvgIpc) is 2.26. The first kappa shape index (κ1) is 13.7. The van der Waals surface area contributed by atoms with E-state index in [2.05, 4.69) is 5.32 Å². The Morgan fingerprint density at radius 2 is 2.24 bits per heavy atom. The maximum absolute atomic E-state index is 11.4. The van der Waals surface area contributed by atoms with Crippen LogP contribution >= 0.6 is 23.4 Å². The Morgan fingerprint density at radius 3 is 2.76 bits per heavy atom. The van der Waals surface area contributed by atoms with Gasteiger partial charge in [0.05, 0.1) is 17.9 Å². The number of halogens is 1. The lowest BCUT2D eigenvalue weighted by Crippen LogP contribution is -2.16. The molecule has 1 rings (SSSR count). The molecule has 0 radical (unpaired) electrons. The van der Waals surface area contributed by atoms with Crippen molar-refractivity contribution >= 4 is 40.2 Å². The maximum Gasteiger partial charge on any atom is 0.276 e. The van der Waals surface area contributed by atoms with Crippen LogP contribution in [0.5, 0.6) is 5.75 Å². The van der Waals surface area contributed by atoms with Gasteiger partial charge in [-0.15, -0.1) is 0 Å². The van der Waals surface area contributed by atoms with Crippen molar-refractivity contribution in [3.05, 3.63) is 23.2 Å². The van der Waals surface area contributed by atoms with Crippen LogP contribution in [0, 0.1) is 0 Å². The van der Waals surface area contributed by atoms with Crippen molar-refractivity contribution in [3.8, 4) is 5.75 Å². The summed E-state index contributed by atoms with van der Waals surface area (Å²) in [6.45, 7) is 0. The second-order valence-corrected chi connectivity index (χ2v) is 4.39. The van der Waals surface area contributed by atoms with Crippen LogP contribution in [0.3, 0.4) is 0 Å². The molecule has 7 heteroatoms. The molecule has 0 saturated carbocycles. The molecule has 0 heterocycles. The van der Waals surface area contributed by atoms with Gasteiger partial charge in [0.2, 0.25) is 5.91 Å². The summed E-state index contributed by atoms with van der Waals surface area (Å²) in [5.74, 6) is 0.171. The van der Waals surface area contributed by atoms with E-state index < -0.39 is 5.24 Å². The number of amides is 2. The van der Waals surface area contributed by atoms with Crippen molar-refractivity contribution in [2.24, 2.45) is 5.73 Å². The summed E-state index contributed by atoms with van der Waals surface area (Å²) in [6.07, 6.45) is 0. The van der Waals surface area contributed by atoms with E-state index in [4.69, 9.17) is 22.1 Å². The zero-order valence-electron chi connectivity index (χ0n) is 9.03. The van der Waals surface area contributed by atoms with Crippen LogP contribution in [0.15, 0.2) is 18.2 Å². The van der Waals surface area contributed by atoms with Crippen molar-refractivity contribution < 1.29 is 14.3 Å². The van der Waals surface area contributed by atoms with Gasteiger partial charge in [0.15, 0.2) is 0 Å². The predicted molar refractivity (Wildman–Crippen MR) is 68.7 cm³/mol. The van der Waals surface area contributed by atoms with Crippen molar-refractivity contribution in [2.45, 2.75) is 0 Å². The zero-order valence-corrected chi connectivity index (χ0v) is 10.6. The molecule has 0 aliphatic heterocycles. The number of hydrogen-bond donors (Lipinski definition) is 2. The van der Waals surface area contributed by atoms with Gasteiger partial charge in [-0.05, 0) is 18.2 Å². The van der Waals surface area contributed by atoms with Gasteiger partial charge < -0.3 is 15.8 Å². The first-order chi connectivity index (χ1) is 8.02. The number of primary amides is 1. The highest BCUT2D eigenvalue weighted by atomic mass is 35.5. The van der Waals surface area contributed by atoms with E-state index in [0.29, 0.717) is 16.5 Å². The Morgan fingerprint density at radius 1 is 1.53 bits per heavy atom. The monoisotopic (exact) mass is 274 g/mol. The summed E-state index contributed by atoms with van der Waals surface area (Å²) in [4.78, 5) is 21.8. The molecule has 3 N–H and O–H groups in total. The van der Waals surface area contributed by atoms with E-state index in [9.17, 15) is 9.59 Å². The quantitative estimate of drug-likeness (QED) is 0.881. The minimum atomic E-state index is -0.590. The van der Waals surface area contributed by atoms with Crippen molar-refractivity contribution in [3.63, 3.8) is 0 Å². The van der Waals surface area contributed by atoms with Crippen molar-refractivity contribution in [1.29, 1.82) is 0 Å². The Kier molecular flexibility index (Phi) is 5.11. The minimum absolute atomic E-state index is 0.0288. The van der Waals surface area contributed by atoms with Crippen LogP contribution in [-0.4, -0.2) is 24.0 Å². The molecule has 5 nitrogen and oxygen atoms in total. The first-order valence-electron chi connectivity index (χ1n) is 4.58. The number of carbonyl (C=O) groups is 2. The van der Waals surface area contributed by atoms with E-state index in [1.165, 1.54) is 7.11 Å². The van der Waals surface area contributed by atoms with Gasteiger partial charge in [-0.2, -0.15) is 0 Å². The standard InChI is InChI=1S/C10H11ClN2O3S/c1-16-8-3-2-6(4-7(8)11)13-9(14)5-17-10(12)15/h2-4H,5H2,1H3,(H2,12,15)(H,13,14). The van der Waals surface area contributed by atoms with Crippen LogP contribution in [0.25, 0.3) is 0 Å². The highest BCUT2D eigenvalue weighted by molar-refractivity contribution is 8.14. The number of rotatable bonds is 4. The molecular weight excluding hydrogens is 264 g/mol. The van der Waals surface area contributed by atoms with E-state index in [-0.39, 0.29) is 11.7 Å². The Labute approximate surface area is 108 Å². The molecule has 0 spiro atoms. The topological polar surface area (TPSA) is 81.4 Å². The van der Waals surface area contributed by atoms with Crippen LogP contribution in [-0.2, 0) is 4.79 Å². The molecule has 1 aromatic carbocycles. The number of nitrogens with two attached hydrogens (primary N) is 1. The summed E-state index contributed by atoms with van der Waals surface area (Å²) in [6, 6.07) is 4.85. The van der Waals surface area contributed by atoms with Gasteiger partial charge in [-0.1, -0.05) is 23.4 Å². The smallest absolute Gasteiger partial charge is 0.276 e. The number of benzene rings is 1. The van der Waals surface area contributed by atoms with Crippen molar-refractivity contribution in [2.75, 3.05) is 18.2 Å². The molecule has 2 amide bonds. The van der Waals surface area contributed by atoms with E-state index in [1.54, 1.807) is 18.2 Å². The molecule has 0 aromatic heterocycles. The Bertz CT molecular complexity index is 440. The molecule has 0 aliphatic rings. The van der Waals surface area contributed by atoms with E-state index in [0.717, 1.165) is 11.8 Å². The number of hydrogen-bond acceptors (Lipinski definition) is 4. The fourth-order valence-corrected chi connectivity index (χ4v) is 1.68. The molecule has 0 saturated heterocycles. The number of methoxy groups -OCH3 is 1. The SMILES string of the molecule is COc1ccc(NC(=O)CSC(N)=O)cc1Cl. The highest BCUT2D eigenvalue weighted by Crippen LogP contribution is 2.27. The molecule has 0 bridgehead atoms. The first-order valence-corrected chi connectivity index (χ1v) is 5.95. The molecule has 1 aromatic rings. The average molecular weight is 275 g/mol. The molecular formula is C10H11ClN2O3S. The van der Waals surface area contributed by atoms with Crippen LogP contribution < -0.4 is 15.8 Å². The fourth-order valence-electron chi connectivity index (χ4n) is 1.08. The second kappa shape index (κ2) is 6.36. The fraction of sp³-hybridized carbons (Fsp3) is 0.200. The van der Waals surface area contributed by atoms with Gasteiger partial charge in [-0.3, -0.25) is 9.59 Å². The lowest BCUT2D eigenvalue weighted by molar-refractivity contribution is -0.113. The third-order valence-electron chi connectivity index (χ3n) is 1.78. The second-order valence-electron chi connectivity index (χ2n) is 3.01. The molecule has 92 valence electrons. The number of thioether (sulfide) groups is 1. The normalized spacial score (nSPS) is 9.76. The highest BCUT2D eigenvalue weighted by Gasteiger charge is 2.07. The minimum Gasteiger partial charge on any atom is -0.495 e. The zero-order chi connectivity index (χ0) is 12.8. The van der Waals surface area contributed by atoms with Crippen LogP contribution in [0.1, 0.15) is 0 Å². The lowest BCUT2D eigenvalue weighted by atomic mass is 10.3. The van der Waals surface area contributed by atoms with Gasteiger partial charge in [0.25, 0.3) is 5.24 Å². The van der Waals surface area contributed by atoms with Gasteiger partial charge in [0.1, 0.15) is 5.75 Å². The van der Waals surface area contributed by atoms with Crippen LogP contribution in [0.4, 0.5) is 10.5 Å². The Hall–Kier alpha value is -1.40. The molecule has 0 atom stereocenters. The maximum atomic E-state index is 11.4. The Balaban J connectivity index is 2.60. The summed E-state index contributed by atoms with van der Waals surface area (Å²) < 4.78 is 4.97. The van der Waals surface area contributed by atoms with Gasteiger partial charge >= 0.3 is 0 Å². The van der Waals surface area contributed by atoms with E-state index >= 15 is 0 Å². The number of nitrogens with one attached hydrogen (secondary N) is 1. The molecule has 0 fully saturated rings. The predicted octanol–water partition coefficient (Wildman–Crippen LogP) is 2.10. The third-order valence-corrected chi connectivity index (χ3v) is 2.77. The summed E-state index contributed by atoms with van der Waals surface area (Å²) >= 11 is 6.62. The molecule has 17 heavy (non-hydrogen) atoms. The summed E-state index contributed by atoms with van der Waals surface area (Å²) in [5.41, 5.74) is 5.44. The van der Waals surface area contributed by atoms with Crippen LogP contribution in [0.2, 0.25) is 5.02 Å². The number of anilines is 1.